The molecule has 34 heavy (non-hydrogen) atoms. The number of likely N-dealkylation sites (tertiary alicyclic amines) is 1. The Labute approximate surface area is 213 Å². The van der Waals surface area contributed by atoms with E-state index in [9.17, 15) is 4.79 Å². The number of hydrogen-bond acceptors (Lipinski definition) is 2. The minimum Gasteiger partial charge on any atom is -0.481 e. The lowest BCUT2D eigenvalue weighted by atomic mass is 9.67. The number of carboxylic acids is 1. The zero-order valence-corrected chi connectivity index (χ0v) is 23.9. The summed E-state index contributed by atoms with van der Waals surface area (Å²) < 4.78 is 0. The summed E-state index contributed by atoms with van der Waals surface area (Å²) in [6, 6.07) is 0.612. The predicted molar refractivity (Wildman–Crippen MR) is 149 cm³/mol. The molecule has 0 bridgehead atoms. The SMILES string of the molecule is CCCCCCCCCCCCCCCCC(CCCCC(=O)O)N1CCCC(C)(C)C1(C)C. The normalized spacial score (nSPS) is 18.7. The van der Waals surface area contributed by atoms with Crippen LogP contribution in [0.25, 0.3) is 0 Å². The summed E-state index contributed by atoms with van der Waals surface area (Å²) in [5, 5.41) is 9.01. The van der Waals surface area contributed by atoms with Crippen molar-refractivity contribution >= 4 is 5.97 Å². The van der Waals surface area contributed by atoms with Gasteiger partial charge in [0.25, 0.3) is 0 Å². The van der Waals surface area contributed by atoms with Crippen molar-refractivity contribution < 1.29 is 9.90 Å². The molecule has 0 aromatic heterocycles. The van der Waals surface area contributed by atoms with Gasteiger partial charge >= 0.3 is 5.97 Å². The highest BCUT2D eigenvalue weighted by Gasteiger charge is 2.46. The average molecular weight is 480 g/mol. The number of carboxylic acid groups (broad SMARTS) is 1. The van der Waals surface area contributed by atoms with E-state index in [0.29, 0.717) is 17.9 Å². The van der Waals surface area contributed by atoms with Crippen LogP contribution in [0.5, 0.6) is 0 Å². The van der Waals surface area contributed by atoms with Gasteiger partial charge in [-0.25, -0.2) is 0 Å². The van der Waals surface area contributed by atoms with Crippen LogP contribution in [0.15, 0.2) is 0 Å². The van der Waals surface area contributed by atoms with Gasteiger partial charge in [-0.05, 0) is 57.9 Å². The Kier molecular flexibility index (Phi) is 16.5. The summed E-state index contributed by atoms with van der Waals surface area (Å²) in [6.45, 7) is 13.3. The molecule has 3 nitrogen and oxygen atoms in total. The molecule has 0 radical (unpaired) electrons. The first-order valence-electron chi connectivity index (χ1n) is 15.2. The van der Waals surface area contributed by atoms with E-state index in [2.05, 4.69) is 39.5 Å². The fourth-order valence-corrected chi connectivity index (χ4v) is 5.99. The summed E-state index contributed by atoms with van der Waals surface area (Å²) in [5.41, 5.74) is 0.540. The second-order valence-electron chi connectivity index (χ2n) is 12.4. The van der Waals surface area contributed by atoms with Crippen LogP contribution in [-0.4, -0.2) is 34.1 Å². The molecule has 1 rings (SSSR count). The van der Waals surface area contributed by atoms with Gasteiger partial charge in [0.15, 0.2) is 0 Å². The molecule has 3 heteroatoms. The van der Waals surface area contributed by atoms with Gasteiger partial charge in [-0.2, -0.15) is 0 Å². The third kappa shape index (κ3) is 12.4. The molecule has 1 heterocycles. The summed E-state index contributed by atoms with van der Waals surface area (Å²) in [7, 11) is 0. The standard InChI is InChI=1S/C31H61NO2/c1-6-7-8-9-10-11-12-13-14-15-16-17-18-19-23-28(24-20-21-25-29(33)34)32-27-22-26-30(2,3)31(32,4)5/h28H,6-27H2,1-5H3,(H,33,34). The lowest BCUT2D eigenvalue weighted by Crippen LogP contribution is -2.60. The van der Waals surface area contributed by atoms with Crippen molar-refractivity contribution in [3.63, 3.8) is 0 Å². The lowest BCUT2D eigenvalue weighted by Gasteiger charge is -2.56. The number of nitrogens with zero attached hydrogens (tertiary/aromatic N) is 1. The predicted octanol–water partition coefficient (Wildman–Crippen LogP) is 9.77. The van der Waals surface area contributed by atoms with E-state index in [1.807, 2.05) is 0 Å². The van der Waals surface area contributed by atoms with E-state index in [1.54, 1.807) is 0 Å². The van der Waals surface area contributed by atoms with Crippen molar-refractivity contribution in [2.45, 2.75) is 181 Å². The molecule has 0 amide bonds. The minimum atomic E-state index is -0.650. The second kappa shape index (κ2) is 17.8. The highest BCUT2D eigenvalue weighted by Crippen LogP contribution is 2.45. The van der Waals surface area contributed by atoms with Crippen LogP contribution in [-0.2, 0) is 4.79 Å². The van der Waals surface area contributed by atoms with Gasteiger partial charge in [0.05, 0.1) is 0 Å². The van der Waals surface area contributed by atoms with Crippen LogP contribution in [0.4, 0.5) is 0 Å². The van der Waals surface area contributed by atoms with Crippen LogP contribution in [0.3, 0.4) is 0 Å². The van der Waals surface area contributed by atoms with E-state index >= 15 is 0 Å². The molecule has 0 aliphatic carbocycles. The smallest absolute Gasteiger partial charge is 0.303 e. The molecule has 0 aromatic rings. The maximum absolute atomic E-state index is 10.9. The van der Waals surface area contributed by atoms with Crippen molar-refractivity contribution in [1.29, 1.82) is 0 Å². The van der Waals surface area contributed by atoms with Crippen LogP contribution < -0.4 is 0 Å². The maximum atomic E-state index is 10.9. The fraction of sp³-hybridized carbons (Fsp3) is 0.968. The number of aliphatic carboxylic acids is 1. The number of unbranched alkanes of at least 4 members (excludes halogenated alkanes) is 14. The van der Waals surface area contributed by atoms with Gasteiger partial charge in [-0.3, -0.25) is 9.69 Å². The third-order valence-corrected chi connectivity index (χ3v) is 9.08. The molecule has 1 N–H and O–H groups in total. The molecule has 1 aliphatic heterocycles. The van der Waals surface area contributed by atoms with Crippen molar-refractivity contribution in [3.8, 4) is 0 Å². The van der Waals surface area contributed by atoms with Gasteiger partial charge in [0.2, 0.25) is 0 Å². The highest BCUT2D eigenvalue weighted by molar-refractivity contribution is 5.66. The Bertz CT molecular complexity index is 514. The van der Waals surface area contributed by atoms with E-state index in [-0.39, 0.29) is 5.54 Å². The van der Waals surface area contributed by atoms with Crippen molar-refractivity contribution in [3.05, 3.63) is 0 Å². The lowest BCUT2D eigenvalue weighted by molar-refractivity contribution is -0.137. The van der Waals surface area contributed by atoms with E-state index in [1.165, 1.54) is 116 Å². The second-order valence-corrected chi connectivity index (χ2v) is 12.4. The number of rotatable bonds is 21. The minimum absolute atomic E-state index is 0.207. The van der Waals surface area contributed by atoms with E-state index < -0.39 is 5.97 Å². The van der Waals surface area contributed by atoms with Crippen molar-refractivity contribution in [1.82, 2.24) is 4.90 Å². The Morgan fingerprint density at radius 2 is 1.18 bits per heavy atom. The van der Waals surface area contributed by atoms with Crippen LogP contribution >= 0.6 is 0 Å². The third-order valence-electron chi connectivity index (χ3n) is 9.08. The molecule has 1 unspecified atom stereocenters. The van der Waals surface area contributed by atoms with Crippen LogP contribution in [0, 0.1) is 5.41 Å². The first kappa shape index (κ1) is 31.5. The molecule has 1 aliphatic rings. The summed E-state index contributed by atoms with van der Waals surface area (Å²) >= 11 is 0. The summed E-state index contributed by atoms with van der Waals surface area (Å²) in [4.78, 5) is 13.7. The van der Waals surface area contributed by atoms with Gasteiger partial charge < -0.3 is 5.11 Å². The van der Waals surface area contributed by atoms with Gasteiger partial charge in [-0.15, -0.1) is 0 Å². The zero-order valence-electron chi connectivity index (χ0n) is 23.9. The molecule has 0 aromatic carbocycles. The first-order chi connectivity index (χ1) is 16.2. The molecule has 0 spiro atoms. The van der Waals surface area contributed by atoms with Crippen molar-refractivity contribution in [2.24, 2.45) is 5.41 Å². The molecule has 1 atom stereocenters. The van der Waals surface area contributed by atoms with Gasteiger partial charge in [-0.1, -0.05) is 117 Å². The average Bonchev–Trinajstić information content (AvgIpc) is 2.77. The van der Waals surface area contributed by atoms with Gasteiger partial charge in [0, 0.05) is 18.0 Å². The van der Waals surface area contributed by atoms with Crippen LogP contribution in [0.2, 0.25) is 0 Å². The molecule has 202 valence electrons. The topological polar surface area (TPSA) is 40.5 Å². The summed E-state index contributed by atoms with van der Waals surface area (Å²) in [5.74, 6) is -0.650. The van der Waals surface area contributed by atoms with Crippen LogP contribution in [0.1, 0.15) is 169 Å². The Balaban J connectivity index is 2.26. The molecule has 1 fully saturated rings. The number of carbonyl (C=O) groups is 1. The molecular weight excluding hydrogens is 418 g/mol. The largest absolute Gasteiger partial charge is 0.481 e. The number of piperidine rings is 1. The highest BCUT2D eigenvalue weighted by atomic mass is 16.4. The van der Waals surface area contributed by atoms with Gasteiger partial charge in [0.1, 0.15) is 0 Å². The van der Waals surface area contributed by atoms with Crippen molar-refractivity contribution in [2.75, 3.05) is 6.54 Å². The fourth-order valence-electron chi connectivity index (χ4n) is 5.99. The van der Waals surface area contributed by atoms with E-state index in [4.69, 9.17) is 5.11 Å². The van der Waals surface area contributed by atoms with E-state index in [0.717, 1.165) is 19.3 Å². The Hall–Kier alpha value is -0.570. The Morgan fingerprint density at radius 3 is 1.65 bits per heavy atom. The quantitative estimate of drug-likeness (QED) is 0.166. The molecular formula is C31H61NO2. The first-order valence-corrected chi connectivity index (χ1v) is 15.2. The summed E-state index contributed by atoms with van der Waals surface area (Å²) in [6.07, 6.45) is 27.0. The monoisotopic (exact) mass is 479 g/mol. The molecule has 0 saturated carbocycles. The number of hydrogen-bond donors (Lipinski definition) is 1. The molecule has 1 saturated heterocycles. The maximum Gasteiger partial charge on any atom is 0.303 e. The Morgan fingerprint density at radius 1 is 0.735 bits per heavy atom. The zero-order chi connectivity index (χ0) is 25.3.